The molecule has 18 heavy (non-hydrogen) atoms. The Morgan fingerprint density at radius 3 is 2.56 bits per heavy atom. The first-order chi connectivity index (χ1) is 8.81. The van der Waals surface area contributed by atoms with Crippen LogP contribution in [0.4, 0.5) is 4.39 Å². The lowest BCUT2D eigenvalue weighted by molar-refractivity contribution is 0.326. The van der Waals surface area contributed by atoms with Gasteiger partial charge in [-0.3, -0.25) is 0 Å². The smallest absolute Gasteiger partial charge is 0.134 e. The van der Waals surface area contributed by atoms with Gasteiger partial charge in [0, 0.05) is 11.6 Å². The van der Waals surface area contributed by atoms with Crippen molar-refractivity contribution in [3.63, 3.8) is 0 Å². The number of benzene rings is 1. The number of nitrogens with one attached hydrogen (secondary N) is 1. The van der Waals surface area contributed by atoms with Gasteiger partial charge in [-0.05, 0) is 49.2 Å². The van der Waals surface area contributed by atoms with E-state index < -0.39 is 0 Å². The molecule has 0 radical (unpaired) electrons. The highest BCUT2D eigenvalue weighted by Gasteiger charge is 2.16. The highest BCUT2D eigenvalue weighted by molar-refractivity contribution is 5.57. The monoisotopic (exact) mass is 245 g/mol. The van der Waals surface area contributed by atoms with E-state index in [1.165, 1.54) is 31.4 Å². The normalized spacial score (nSPS) is 15.6. The van der Waals surface area contributed by atoms with Crippen LogP contribution in [0.5, 0.6) is 0 Å². The minimum Gasteiger partial charge on any atom is -0.460 e. The second-order valence-electron chi connectivity index (χ2n) is 4.78. The molecule has 0 unspecified atom stereocenters. The third-order valence-corrected chi connectivity index (χ3v) is 3.46. The van der Waals surface area contributed by atoms with E-state index in [1.54, 1.807) is 12.1 Å². The molecule has 0 amide bonds. The number of halogens is 1. The van der Waals surface area contributed by atoms with Gasteiger partial charge in [0.05, 0.1) is 6.54 Å². The molecule has 1 aliphatic carbocycles. The van der Waals surface area contributed by atoms with Crippen molar-refractivity contribution >= 4 is 0 Å². The molecule has 1 aromatic heterocycles. The van der Waals surface area contributed by atoms with Gasteiger partial charge in [0.2, 0.25) is 0 Å². The average Bonchev–Trinajstić information content (AvgIpc) is 2.77. The molecular weight excluding hydrogens is 229 g/mol. The minimum absolute atomic E-state index is 0.225. The van der Waals surface area contributed by atoms with Crippen LogP contribution in [0.15, 0.2) is 40.8 Å². The third-order valence-electron chi connectivity index (χ3n) is 3.46. The molecule has 0 saturated heterocycles. The first-order valence-corrected chi connectivity index (χ1v) is 6.39. The van der Waals surface area contributed by atoms with Crippen LogP contribution < -0.4 is 5.32 Å². The highest BCUT2D eigenvalue weighted by Crippen LogP contribution is 2.23. The molecule has 1 saturated carbocycles. The Labute approximate surface area is 106 Å². The first-order valence-electron chi connectivity index (χ1n) is 6.39. The molecule has 0 atom stereocenters. The van der Waals surface area contributed by atoms with E-state index in [9.17, 15) is 4.39 Å². The Hall–Kier alpha value is -1.61. The van der Waals surface area contributed by atoms with E-state index >= 15 is 0 Å². The minimum atomic E-state index is -0.225. The van der Waals surface area contributed by atoms with Crippen LogP contribution in [-0.4, -0.2) is 6.04 Å². The number of furan rings is 1. The summed E-state index contributed by atoms with van der Waals surface area (Å²) in [5, 5.41) is 3.46. The molecule has 0 bridgehead atoms. The molecule has 2 aromatic rings. The van der Waals surface area contributed by atoms with Gasteiger partial charge in [0.1, 0.15) is 17.3 Å². The van der Waals surface area contributed by atoms with Crippen molar-refractivity contribution in [2.24, 2.45) is 0 Å². The van der Waals surface area contributed by atoms with Crippen LogP contribution in [-0.2, 0) is 6.54 Å². The molecule has 94 valence electrons. The number of rotatable bonds is 4. The summed E-state index contributed by atoms with van der Waals surface area (Å²) in [5.41, 5.74) is 0.909. The molecule has 1 aromatic carbocycles. The van der Waals surface area contributed by atoms with Crippen molar-refractivity contribution in [3.05, 3.63) is 48.0 Å². The van der Waals surface area contributed by atoms with Gasteiger partial charge in [-0.25, -0.2) is 4.39 Å². The van der Waals surface area contributed by atoms with Crippen molar-refractivity contribution in [1.82, 2.24) is 5.32 Å². The predicted octanol–water partition coefficient (Wildman–Crippen LogP) is 3.73. The summed E-state index contributed by atoms with van der Waals surface area (Å²) < 4.78 is 18.6. The van der Waals surface area contributed by atoms with Gasteiger partial charge in [-0.15, -0.1) is 0 Å². The highest BCUT2D eigenvalue weighted by atomic mass is 19.1. The predicted molar refractivity (Wildman–Crippen MR) is 68.6 cm³/mol. The molecule has 2 nitrogen and oxygen atoms in total. The molecule has 3 rings (SSSR count). The van der Waals surface area contributed by atoms with Gasteiger partial charge >= 0.3 is 0 Å². The van der Waals surface area contributed by atoms with Crippen molar-refractivity contribution in [3.8, 4) is 11.3 Å². The largest absolute Gasteiger partial charge is 0.460 e. The molecule has 1 aliphatic rings. The fourth-order valence-electron chi connectivity index (χ4n) is 2.10. The summed E-state index contributed by atoms with van der Waals surface area (Å²) >= 11 is 0. The SMILES string of the molecule is Fc1ccc(-c2ccc(CNC3CCC3)o2)cc1. The molecule has 0 aliphatic heterocycles. The summed E-state index contributed by atoms with van der Waals surface area (Å²) in [6, 6.07) is 10.9. The zero-order valence-electron chi connectivity index (χ0n) is 10.2. The van der Waals surface area contributed by atoms with Crippen LogP contribution in [0.25, 0.3) is 11.3 Å². The van der Waals surface area contributed by atoms with Gasteiger partial charge in [-0.2, -0.15) is 0 Å². The molecule has 1 fully saturated rings. The quantitative estimate of drug-likeness (QED) is 0.888. The summed E-state index contributed by atoms with van der Waals surface area (Å²) in [4.78, 5) is 0. The Bertz CT molecular complexity index is 514. The van der Waals surface area contributed by atoms with Crippen molar-refractivity contribution in [1.29, 1.82) is 0 Å². The molecular formula is C15H16FNO. The first kappa shape index (κ1) is 11.5. The molecule has 0 spiro atoms. The topological polar surface area (TPSA) is 25.2 Å². The fourth-order valence-corrected chi connectivity index (χ4v) is 2.10. The number of hydrogen-bond acceptors (Lipinski definition) is 2. The maximum atomic E-state index is 12.8. The third kappa shape index (κ3) is 2.46. The summed E-state index contributed by atoms with van der Waals surface area (Å²) in [5.74, 6) is 1.50. The van der Waals surface area contributed by atoms with Crippen molar-refractivity contribution in [2.45, 2.75) is 31.8 Å². The number of hydrogen-bond donors (Lipinski definition) is 1. The lowest BCUT2D eigenvalue weighted by Crippen LogP contribution is -2.34. The second kappa shape index (κ2) is 4.94. The van der Waals surface area contributed by atoms with Crippen LogP contribution >= 0.6 is 0 Å². The summed E-state index contributed by atoms with van der Waals surface area (Å²) in [6.45, 7) is 0.770. The van der Waals surface area contributed by atoms with Crippen molar-refractivity contribution < 1.29 is 8.81 Å². The van der Waals surface area contributed by atoms with Crippen LogP contribution in [0.2, 0.25) is 0 Å². The molecule has 3 heteroatoms. The summed E-state index contributed by atoms with van der Waals surface area (Å²) in [6.07, 6.45) is 3.87. The zero-order valence-corrected chi connectivity index (χ0v) is 10.2. The Morgan fingerprint density at radius 2 is 1.89 bits per heavy atom. The van der Waals surface area contributed by atoms with E-state index in [0.717, 1.165) is 23.6 Å². The van der Waals surface area contributed by atoms with Gasteiger partial charge in [0.15, 0.2) is 0 Å². The van der Waals surface area contributed by atoms with Crippen LogP contribution in [0.1, 0.15) is 25.0 Å². The van der Waals surface area contributed by atoms with Crippen LogP contribution in [0, 0.1) is 5.82 Å². The van der Waals surface area contributed by atoms with Crippen molar-refractivity contribution in [2.75, 3.05) is 0 Å². The lowest BCUT2D eigenvalue weighted by Gasteiger charge is -2.25. The Kier molecular flexibility index (Phi) is 3.15. The van der Waals surface area contributed by atoms with Crippen LogP contribution in [0.3, 0.4) is 0 Å². The average molecular weight is 245 g/mol. The maximum absolute atomic E-state index is 12.8. The zero-order chi connectivity index (χ0) is 12.4. The fraction of sp³-hybridized carbons (Fsp3) is 0.333. The lowest BCUT2D eigenvalue weighted by atomic mass is 9.93. The standard InChI is InChI=1S/C15H16FNO/c16-12-6-4-11(5-7-12)15-9-8-14(18-15)10-17-13-2-1-3-13/h4-9,13,17H,1-3,10H2. The maximum Gasteiger partial charge on any atom is 0.134 e. The van der Waals surface area contributed by atoms with E-state index in [1.807, 2.05) is 12.1 Å². The molecule has 1 N–H and O–H groups in total. The van der Waals surface area contributed by atoms with Gasteiger partial charge in [0.25, 0.3) is 0 Å². The molecule has 1 heterocycles. The van der Waals surface area contributed by atoms with E-state index in [-0.39, 0.29) is 5.82 Å². The summed E-state index contributed by atoms with van der Waals surface area (Å²) in [7, 11) is 0. The second-order valence-corrected chi connectivity index (χ2v) is 4.78. The Morgan fingerprint density at radius 1 is 1.11 bits per heavy atom. The van der Waals surface area contributed by atoms with Gasteiger partial charge in [-0.1, -0.05) is 6.42 Å². The Balaban J connectivity index is 1.66. The van der Waals surface area contributed by atoms with Gasteiger partial charge < -0.3 is 9.73 Å². The van der Waals surface area contributed by atoms with E-state index in [2.05, 4.69) is 5.32 Å². The van der Waals surface area contributed by atoms with E-state index in [4.69, 9.17) is 4.42 Å². The van der Waals surface area contributed by atoms with E-state index in [0.29, 0.717) is 6.04 Å².